The van der Waals surface area contributed by atoms with Gasteiger partial charge in [0.25, 0.3) is 0 Å². The first kappa shape index (κ1) is 22.3. The van der Waals surface area contributed by atoms with Gasteiger partial charge in [0.2, 0.25) is 5.95 Å². The SMILES string of the molecule is CCNc1nc2cccc(C(=O)OCC)c2n1Cc1ccc(-c2ccccc2-c2nnn[nH]2)cc1. The van der Waals surface area contributed by atoms with E-state index in [2.05, 4.69) is 50.2 Å². The van der Waals surface area contributed by atoms with Crippen LogP contribution in [0.1, 0.15) is 29.8 Å². The molecule has 0 saturated carbocycles. The second-order valence-corrected chi connectivity index (χ2v) is 7.94. The van der Waals surface area contributed by atoms with E-state index < -0.39 is 0 Å². The number of hydrogen-bond acceptors (Lipinski definition) is 7. The van der Waals surface area contributed by atoms with Crippen LogP contribution in [0, 0.1) is 0 Å². The number of imidazole rings is 1. The quantitative estimate of drug-likeness (QED) is 0.322. The molecular weight excluding hydrogens is 442 g/mol. The lowest BCUT2D eigenvalue weighted by atomic mass is 9.98. The standard InChI is InChI=1S/C26H25N7O2/c1-3-27-26-28-22-11-7-10-21(25(34)35-4-2)23(22)33(26)16-17-12-14-18(15-13-17)19-8-5-6-9-20(19)24-29-31-32-30-24/h5-15H,3-4,16H2,1-2H3,(H,27,28)(H,29,30,31,32). The number of rotatable bonds is 8. The molecule has 0 aliphatic carbocycles. The Morgan fingerprint density at radius 1 is 1.00 bits per heavy atom. The van der Waals surface area contributed by atoms with E-state index in [1.165, 1.54) is 0 Å². The molecule has 9 nitrogen and oxygen atoms in total. The molecule has 0 fully saturated rings. The van der Waals surface area contributed by atoms with Crippen molar-refractivity contribution in [2.24, 2.45) is 0 Å². The number of H-pyrrole nitrogens is 1. The van der Waals surface area contributed by atoms with E-state index >= 15 is 0 Å². The van der Waals surface area contributed by atoms with Crippen LogP contribution in [0.15, 0.2) is 66.7 Å². The number of aromatic nitrogens is 6. The van der Waals surface area contributed by atoms with Gasteiger partial charge in [0.1, 0.15) is 0 Å². The number of fused-ring (bicyclic) bond motifs is 1. The van der Waals surface area contributed by atoms with Crippen LogP contribution in [-0.2, 0) is 11.3 Å². The van der Waals surface area contributed by atoms with E-state index in [0.29, 0.717) is 37.0 Å². The number of para-hydroxylation sites is 1. The Labute approximate surface area is 202 Å². The molecule has 0 spiro atoms. The summed E-state index contributed by atoms with van der Waals surface area (Å²) >= 11 is 0. The third-order valence-corrected chi connectivity index (χ3v) is 5.73. The molecule has 0 aliphatic rings. The predicted octanol–water partition coefficient (Wildman–Crippen LogP) is 4.54. The van der Waals surface area contributed by atoms with Gasteiger partial charge in [-0.3, -0.25) is 0 Å². The fraction of sp³-hybridized carbons (Fsp3) is 0.192. The molecule has 2 aromatic heterocycles. The highest BCUT2D eigenvalue weighted by atomic mass is 16.5. The summed E-state index contributed by atoms with van der Waals surface area (Å²) in [4.78, 5) is 17.4. The fourth-order valence-corrected chi connectivity index (χ4v) is 4.19. The lowest BCUT2D eigenvalue weighted by Crippen LogP contribution is -2.11. The molecule has 0 saturated heterocycles. The maximum absolute atomic E-state index is 12.7. The van der Waals surface area contributed by atoms with Gasteiger partial charge in [0.05, 0.1) is 29.7 Å². The van der Waals surface area contributed by atoms with Crippen LogP contribution >= 0.6 is 0 Å². The number of carbonyl (C=O) groups excluding carboxylic acids is 1. The number of anilines is 1. The zero-order valence-corrected chi connectivity index (χ0v) is 19.5. The number of nitrogens with zero attached hydrogens (tertiary/aromatic N) is 5. The number of tetrazole rings is 1. The molecule has 3 aromatic carbocycles. The molecule has 2 N–H and O–H groups in total. The second kappa shape index (κ2) is 9.76. The van der Waals surface area contributed by atoms with Gasteiger partial charge in [0.15, 0.2) is 5.82 Å². The summed E-state index contributed by atoms with van der Waals surface area (Å²) in [5, 5.41) is 17.6. The molecule has 176 valence electrons. The molecule has 2 heterocycles. The van der Waals surface area contributed by atoms with E-state index in [4.69, 9.17) is 9.72 Å². The number of ether oxygens (including phenoxy) is 1. The molecule has 5 rings (SSSR count). The number of aromatic amines is 1. The van der Waals surface area contributed by atoms with Crippen molar-refractivity contribution in [1.29, 1.82) is 0 Å². The molecule has 0 amide bonds. The van der Waals surface area contributed by atoms with Crippen molar-refractivity contribution in [1.82, 2.24) is 30.2 Å². The van der Waals surface area contributed by atoms with Gasteiger partial charge in [0, 0.05) is 12.1 Å². The number of hydrogen-bond donors (Lipinski definition) is 2. The summed E-state index contributed by atoms with van der Waals surface area (Å²) < 4.78 is 7.34. The van der Waals surface area contributed by atoms with E-state index in [1.54, 1.807) is 13.0 Å². The Bertz CT molecular complexity index is 1460. The van der Waals surface area contributed by atoms with Crippen LogP contribution in [0.2, 0.25) is 0 Å². The van der Waals surface area contributed by atoms with Gasteiger partial charge < -0.3 is 14.6 Å². The number of benzene rings is 3. The minimum atomic E-state index is -0.351. The monoisotopic (exact) mass is 467 g/mol. The normalized spacial score (nSPS) is 11.0. The van der Waals surface area contributed by atoms with Gasteiger partial charge >= 0.3 is 5.97 Å². The largest absolute Gasteiger partial charge is 0.462 e. The first-order valence-electron chi connectivity index (χ1n) is 11.5. The van der Waals surface area contributed by atoms with Crippen LogP contribution in [0.3, 0.4) is 0 Å². The maximum Gasteiger partial charge on any atom is 0.340 e. The average molecular weight is 468 g/mol. The smallest absolute Gasteiger partial charge is 0.340 e. The van der Waals surface area contributed by atoms with Crippen molar-refractivity contribution in [3.8, 4) is 22.5 Å². The Kier molecular flexibility index (Phi) is 6.21. The summed E-state index contributed by atoms with van der Waals surface area (Å²) in [6.45, 7) is 5.40. The first-order valence-corrected chi connectivity index (χ1v) is 11.5. The molecule has 0 atom stereocenters. The van der Waals surface area contributed by atoms with Crippen molar-refractivity contribution in [2.45, 2.75) is 20.4 Å². The predicted molar refractivity (Wildman–Crippen MR) is 134 cm³/mol. The summed E-state index contributed by atoms with van der Waals surface area (Å²) in [5.41, 5.74) is 6.10. The Morgan fingerprint density at radius 3 is 2.51 bits per heavy atom. The molecule has 0 unspecified atom stereocenters. The second-order valence-electron chi connectivity index (χ2n) is 7.94. The lowest BCUT2D eigenvalue weighted by molar-refractivity contribution is 0.0528. The first-order chi connectivity index (χ1) is 17.2. The van der Waals surface area contributed by atoms with E-state index in [9.17, 15) is 4.79 Å². The molecule has 5 aromatic rings. The van der Waals surface area contributed by atoms with Crippen LogP contribution < -0.4 is 5.32 Å². The third-order valence-electron chi connectivity index (χ3n) is 5.73. The van der Waals surface area contributed by atoms with Crippen LogP contribution in [0.4, 0.5) is 5.95 Å². The molecule has 0 bridgehead atoms. The van der Waals surface area contributed by atoms with Crippen molar-refractivity contribution >= 4 is 23.0 Å². The van der Waals surface area contributed by atoms with Crippen molar-refractivity contribution in [3.05, 3.63) is 77.9 Å². The zero-order chi connectivity index (χ0) is 24.2. The van der Waals surface area contributed by atoms with Gasteiger partial charge in [-0.1, -0.05) is 54.6 Å². The Hall–Kier alpha value is -4.53. The maximum atomic E-state index is 12.7. The van der Waals surface area contributed by atoms with Crippen LogP contribution in [-0.4, -0.2) is 49.3 Å². The number of nitrogens with one attached hydrogen (secondary N) is 2. The zero-order valence-electron chi connectivity index (χ0n) is 19.5. The summed E-state index contributed by atoms with van der Waals surface area (Å²) in [7, 11) is 0. The highest BCUT2D eigenvalue weighted by Gasteiger charge is 2.19. The van der Waals surface area contributed by atoms with Crippen molar-refractivity contribution in [2.75, 3.05) is 18.5 Å². The van der Waals surface area contributed by atoms with Gasteiger partial charge in [-0.05, 0) is 53.1 Å². The van der Waals surface area contributed by atoms with Crippen LogP contribution in [0.5, 0.6) is 0 Å². The van der Waals surface area contributed by atoms with Gasteiger partial charge in [-0.2, -0.15) is 0 Å². The minimum Gasteiger partial charge on any atom is -0.462 e. The molecule has 35 heavy (non-hydrogen) atoms. The van der Waals surface area contributed by atoms with E-state index in [-0.39, 0.29) is 5.97 Å². The molecule has 9 heteroatoms. The minimum absolute atomic E-state index is 0.316. The van der Waals surface area contributed by atoms with Crippen molar-refractivity contribution in [3.63, 3.8) is 0 Å². The van der Waals surface area contributed by atoms with E-state index in [1.807, 2.05) is 47.9 Å². The average Bonchev–Trinajstić information content (AvgIpc) is 3.54. The van der Waals surface area contributed by atoms with Crippen molar-refractivity contribution < 1.29 is 9.53 Å². The van der Waals surface area contributed by atoms with E-state index in [0.717, 1.165) is 33.3 Å². The van der Waals surface area contributed by atoms with Gasteiger partial charge in [-0.15, -0.1) is 5.10 Å². The fourth-order valence-electron chi connectivity index (χ4n) is 4.19. The highest BCUT2D eigenvalue weighted by molar-refractivity contribution is 6.03. The summed E-state index contributed by atoms with van der Waals surface area (Å²) in [5.74, 6) is 0.985. The summed E-state index contributed by atoms with van der Waals surface area (Å²) in [6, 6.07) is 21.8. The summed E-state index contributed by atoms with van der Waals surface area (Å²) in [6.07, 6.45) is 0. The third kappa shape index (κ3) is 4.35. The topological polar surface area (TPSA) is 111 Å². The Morgan fingerprint density at radius 2 is 1.80 bits per heavy atom. The number of carbonyl (C=O) groups is 1. The highest BCUT2D eigenvalue weighted by Crippen LogP contribution is 2.30. The Balaban J connectivity index is 1.52. The molecular formula is C26H25N7O2. The number of esters is 1. The van der Waals surface area contributed by atoms with Gasteiger partial charge in [-0.25, -0.2) is 14.9 Å². The lowest BCUT2D eigenvalue weighted by Gasteiger charge is -2.13. The molecule has 0 aliphatic heterocycles. The van der Waals surface area contributed by atoms with Crippen LogP contribution in [0.25, 0.3) is 33.5 Å². The molecule has 0 radical (unpaired) electrons.